The molecule has 4 heteroatoms. The summed E-state index contributed by atoms with van der Waals surface area (Å²) >= 11 is 0. The molecule has 118 valence electrons. The van der Waals surface area contributed by atoms with E-state index in [9.17, 15) is 4.39 Å². The molecule has 0 radical (unpaired) electrons. The topological polar surface area (TPSA) is 45.0 Å². The summed E-state index contributed by atoms with van der Waals surface area (Å²) in [7, 11) is 0. The van der Waals surface area contributed by atoms with Crippen molar-refractivity contribution in [2.24, 2.45) is 0 Å². The van der Waals surface area contributed by atoms with Gasteiger partial charge in [-0.15, -0.1) is 0 Å². The largest absolute Gasteiger partial charge is 0.376 e. The molecular weight excluding hydrogens is 291 g/mol. The fraction of sp³-hybridized carbons (Fsp3) is 0.316. The molecule has 0 saturated carbocycles. The molecule has 3 rings (SSSR count). The van der Waals surface area contributed by atoms with Crippen molar-refractivity contribution in [1.82, 2.24) is 5.32 Å². The van der Waals surface area contributed by atoms with Crippen LogP contribution in [-0.4, -0.2) is 12.7 Å². The van der Waals surface area contributed by atoms with Crippen LogP contribution in [0.3, 0.4) is 0 Å². The van der Waals surface area contributed by atoms with Crippen molar-refractivity contribution in [3.8, 4) is 6.07 Å². The summed E-state index contributed by atoms with van der Waals surface area (Å²) < 4.78 is 19.0. The number of ether oxygens (including phenoxy) is 1. The minimum absolute atomic E-state index is 0.0174. The molecule has 0 amide bonds. The SMILES string of the molecule is N#Cc1cccc(CNC(c2ccc(F)cc2)C2CCCO2)c1. The van der Waals surface area contributed by atoms with E-state index in [4.69, 9.17) is 10.00 Å². The minimum Gasteiger partial charge on any atom is -0.376 e. The maximum Gasteiger partial charge on any atom is 0.123 e. The number of benzene rings is 2. The van der Waals surface area contributed by atoms with Crippen LogP contribution in [-0.2, 0) is 11.3 Å². The van der Waals surface area contributed by atoms with Gasteiger partial charge in [-0.3, -0.25) is 0 Å². The van der Waals surface area contributed by atoms with Gasteiger partial charge in [0.1, 0.15) is 5.82 Å². The quantitative estimate of drug-likeness (QED) is 0.915. The third-order valence-corrected chi connectivity index (χ3v) is 4.15. The highest BCUT2D eigenvalue weighted by Crippen LogP contribution is 2.27. The maximum absolute atomic E-state index is 13.2. The Morgan fingerprint density at radius 3 is 2.78 bits per heavy atom. The molecule has 0 aromatic heterocycles. The predicted octanol–water partition coefficient (Wildman–Crippen LogP) is 3.71. The highest BCUT2D eigenvalue weighted by molar-refractivity contribution is 5.33. The molecule has 3 nitrogen and oxygen atoms in total. The van der Waals surface area contributed by atoms with Gasteiger partial charge in [0.15, 0.2) is 0 Å². The Labute approximate surface area is 135 Å². The summed E-state index contributed by atoms with van der Waals surface area (Å²) in [4.78, 5) is 0. The van der Waals surface area contributed by atoms with E-state index in [2.05, 4.69) is 11.4 Å². The van der Waals surface area contributed by atoms with Gasteiger partial charge in [-0.25, -0.2) is 4.39 Å². The molecule has 1 fully saturated rings. The van der Waals surface area contributed by atoms with Crippen LogP contribution >= 0.6 is 0 Å². The van der Waals surface area contributed by atoms with E-state index in [1.54, 1.807) is 18.2 Å². The fourth-order valence-electron chi connectivity index (χ4n) is 2.98. The number of hydrogen-bond acceptors (Lipinski definition) is 3. The highest BCUT2D eigenvalue weighted by Gasteiger charge is 2.27. The molecule has 1 saturated heterocycles. The zero-order valence-corrected chi connectivity index (χ0v) is 12.8. The van der Waals surface area contributed by atoms with Gasteiger partial charge in [0.05, 0.1) is 23.8 Å². The molecule has 23 heavy (non-hydrogen) atoms. The molecular formula is C19H19FN2O. The predicted molar refractivity (Wildman–Crippen MR) is 86.1 cm³/mol. The molecule has 2 aromatic carbocycles. The lowest BCUT2D eigenvalue weighted by Crippen LogP contribution is -2.31. The molecule has 1 N–H and O–H groups in total. The van der Waals surface area contributed by atoms with E-state index in [0.29, 0.717) is 12.1 Å². The maximum atomic E-state index is 13.2. The average molecular weight is 310 g/mol. The summed E-state index contributed by atoms with van der Waals surface area (Å²) in [6.07, 6.45) is 2.14. The number of nitriles is 1. The van der Waals surface area contributed by atoms with Crippen LogP contribution in [0.15, 0.2) is 48.5 Å². The van der Waals surface area contributed by atoms with E-state index in [-0.39, 0.29) is 18.0 Å². The van der Waals surface area contributed by atoms with Gasteiger partial charge < -0.3 is 10.1 Å². The van der Waals surface area contributed by atoms with Gasteiger partial charge >= 0.3 is 0 Å². The van der Waals surface area contributed by atoms with E-state index in [0.717, 1.165) is 30.6 Å². The van der Waals surface area contributed by atoms with Gasteiger partial charge in [-0.2, -0.15) is 5.26 Å². The van der Waals surface area contributed by atoms with E-state index in [1.165, 1.54) is 12.1 Å². The Morgan fingerprint density at radius 1 is 1.26 bits per heavy atom. The Morgan fingerprint density at radius 2 is 2.09 bits per heavy atom. The number of nitrogens with one attached hydrogen (secondary N) is 1. The second kappa shape index (κ2) is 7.36. The van der Waals surface area contributed by atoms with Crippen LogP contribution in [0.1, 0.15) is 35.6 Å². The molecule has 1 aliphatic heterocycles. The summed E-state index contributed by atoms with van der Waals surface area (Å²) in [5.74, 6) is -0.235. The third kappa shape index (κ3) is 3.95. The van der Waals surface area contributed by atoms with Crippen molar-refractivity contribution < 1.29 is 9.13 Å². The Balaban J connectivity index is 1.75. The van der Waals surface area contributed by atoms with Crippen molar-refractivity contribution in [1.29, 1.82) is 5.26 Å². The first-order valence-electron chi connectivity index (χ1n) is 7.86. The highest BCUT2D eigenvalue weighted by atomic mass is 19.1. The standard InChI is InChI=1S/C19H19FN2O/c20-17-8-6-16(7-9-17)19(18-5-2-10-23-18)22-13-15-4-1-3-14(11-15)12-21/h1,3-4,6-9,11,18-19,22H,2,5,10,13H2. The lowest BCUT2D eigenvalue weighted by Gasteiger charge is -2.25. The zero-order valence-electron chi connectivity index (χ0n) is 12.8. The normalized spacial score (nSPS) is 18.5. The van der Waals surface area contributed by atoms with Gasteiger partial charge in [0.25, 0.3) is 0 Å². The molecule has 2 atom stereocenters. The summed E-state index contributed by atoms with van der Waals surface area (Å²) in [6.45, 7) is 1.41. The Kier molecular flexibility index (Phi) is 5.02. The summed E-state index contributed by atoms with van der Waals surface area (Å²) in [6, 6.07) is 16.3. The van der Waals surface area contributed by atoms with Crippen LogP contribution in [0.5, 0.6) is 0 Å². The van der Waals surface area contributed by atoms with E-state index < -0.39 is 0 Å². The lowest BCUT2D eigenvalue weighted by molar-refractivity contribution is 0.0776. The Hall–Kier alpha value is -2.22. The summed E-state index contributed by atoms with van der Waals surface area (Å²) in [5.41, 5.74) is 2.73. The second-order valence-corrected chi connectivity index (χ2v) is 5.77. The van der Waals surface area contributed by atoms with E-state index >= 15 is 0 Å². The van der Waals surface area contributed by atoms with Crippen molar-refractivity contribution in [3.63, 3.8) is 0 Å². The molecule has 2 unspecified atom stereocenters. The first-order valence-corrected chi connectivity index (χ1v) is 7.86. The smallest absolute Gasteiger partial charge is 0.123 e. The van der Waals surface area contributed by atoms with Gasteiger partial charge in [-0.05, 0) is 48.2 Å². The van der Waals surface area contributed by atoms with Crippen molar-refractivity contribution in [2.45, 2.75) is 31.5 Å². The molecule has 2 aromatic rings. The van der Waals surface area contributed by atoms with Crippen LogP contribution in [0.2, 0.25) is 0 Å². The van der Waals surface area contributed by atoms with E-state index in [1.807, 2.05) is 18.2 Å². The molecule has 0 spiro atoms. The van der Waals surface area contributed by atoms with Gasteiger partial charge in [-0.1, -0.05) is 24.3 Å². The first-order chi connectivity index (χ1) is 11.3. The van der Waals surface area contributed by atoms with Gasteiger partial charge in [0.2, 0.25) is 0 Å². The van der Waals surface area contributed by atoms with Crippen LogP contribution < -0.4 is 5.32 Å². The van der Waals surface area contributed by atoms with Crippen molar-refractivity contribution >= 4 is 0 Å². The van der Waals surface area contributed by atoms with Crippen LogP contribution in [0, 0.1) is 17.1 Å². The lowest BCUT2D eigenvalue weighted by atomic mass is 9.98. The summed E-state index contributed by atoms with van der Waals surface area (Å²) in [5, 5.41) is 12.5. The number of hydrogen-bond donors (Lipinski definition) is 1. The number of nitrogens with zero attached hydrogens (tertiary/aromatic N) is 1. The number of rotatable bonds is 5. The fourth-order valence-corrected chi connectivity index (χ4v) is 2.98. The first kappa shape index (κ1) is 15.7. The zero-order chi connectivity index (χ0) is 16.1. The van der Waals surface area contributed by atoms with Crippen molar-refractivity contribution in [2.75, 3.05) is 6.61 Å². The number of halogens is 1. The third-order valence-electron chi connectivity index (χ3n) is 4.15. The molecule has 0 bridgehead atoms. The molecule has 1 heterocycles. The monoisotopic (exact) mass is 310 g/mol. The van der Waals surface area contributed by atoms with Gasteiger partial charge in [0, 0.05) is 13.2 Å². The molecule has 0 aliphatic carbocycles. The molecule has 1 aliphatic rings. The van der Waals surface area contributed by atoms with Crippen LogP contribution in [0.25, 0.3) is 0 Å². The Bertz CT molecular complexity index is 687. The average Bonchev–Trinajstić information content (AvgIpc) is 3.11. The second-order valence-electron chi connectivity index (χ2n) is 5.77. The van der Waals surface area contributed by atoms with Crippen molar-refractivity contribution in [3.05, 3.63) is 71.0 Å². The van der Waals surface area contributed by atoms with Crippen LogP contribution in [0.4, 0.5) is 4.39 Å². The minimum atomic E-state index is -0.235.